The van der Waals surface area contributed by atoms with Gasteiger partial charge in [0.15, 0.2) is 6.61 Å². The topological polar surface area (TPSA) is 119 Å². The van der Waals surface area contributed by atoms with E-state index in [2.05, 4.69) is 5.32 Å². The third-order valence-electron chi connectivity index (χ3n) is 4.81. The van der Waals surface area contributed by atoms with Gasteiger partial charge in [-0.25, -0.2) is 4.79 Å². The molecule has 3 rings (SSSR count). The zero-order valence-electron chi connectivity index (χ0n) is 17.4. The van der Waals surface area contributed by atoms with Crippen LogP contribution in [0.4, 0.5) is 5.69 Å². The van der Waals surface area contributed by atoms with E-state index in [0.717, 1.165) is 5.39 Å². The molecule has 0 aliphatic carbocycles. The number of ether oxygens (including phenoxy) is 2. The van der Waals surface area contributed by atoms with E-state index in [0.29, 0.717) is 28.1 Å². The van der Waals surface area contributed by atoms with Gasteiger partial charge >= 0.3 is 11.6 Å². The highest BCUT2D eigenvalue weighted by molar-refractivity contribution is 6.32. The molecule has 0 aliphatic rings. The Balaban J connectivity index is 1.57. The molecule has 0 atom stereocenters. The second kappa shape index (κ2) is 9.98. The zero-order chi connectivity index (χ0) is 23.3. The maximum atomic E-state index is 12.4. The van der Waals surface area contributed by atoms with Crippen LogP contribution >= 0.6 is 11.6 Å². The maximum Gasteiger partial charge on any atom is 0.339 e. The van der Waals surface area contributed by atoms with Gasteiger partial charge in [-0.05, 0) is 49.2 Å². The molecule has 8 nitrogen and oxygen atoms in total. The van der Waals surface area contributed by atoms with Crippen molar-refractivity contribution in [2.75, 3.05) is 19.0 Å². The number of esters is 1. The summed E-state index contributed by atoms with van der Waals surface area (Å²) in [6, 6.07) is 11.5. The lowest BCUT2D eigenvalue weighted by atomic mass is 10.0. The summed E-state index contributed by atoms with van der Waals surface area (Å²) in [5.74, 6) is -0.626. The minimum Gasteiger partial charge on any atom is -0.497 e. The fraction of sp³-hybridized carbons (Fsp3) is 0.217. The first-order chi connectivity index (χ1) is 15.3. The molecule has 1 aromatic heterocycles. The van der Waals surface area contributed by atoms with Gasteiger partial charge in [-0.15, -0.1) is 0 Å². The smallest absolute Gasteiger partial charge is 0.339 e. The molecule has 1 N–H and O–H groups in total. The number of benzene rings is 2. The Morgan fingerprint density at radius 2 is 2.00 bits per heavy atom. The number of carbonyl (C=O) groups excluding carboxylic acids is 2. The Hall–Kier alpha value is -3.83. The lowest BCUT2D eigenvalue weighted by molar-refractivity contribution is -0.147. The van der Waals surface area contributed by atoms with Crippen molar-refractivity contribution in [2.45, 2.75) is 19.8 Å². The molecule has 0 saturated heterocycles. The number of carbonyl (C=O) groups is 2. The number of rotatable bonds is 7. The highest BCUT2D eigenvalue weighted by atomic mass is 35.5. The first-order valence-corrected chi connectivity index (χ1v) is 9.95. The average molecular weight is 455 g/mol. The van der Waals surface area contributed by atoms with E-state index in [1.807, 2.05) is 6.07 Å². The molecule has 1 amide bonds. The van der Waals surface area contributed by atoms with Gasteiger partial charge in [-0.1, -0.05) is 11.6 Å². The fourth-order valence-electron chi connectivity index (χ4n) is 3.12. The van der Waals surface area contributed by atoms with Crippen molar-refractivity contribution in [1.29, 1.82) is 5.26 Å². The molecule has 164 valence electrons. The van der Waals surface area contributed by atoms with E-state index in [1.54, 1.807) is 25.1 Å². The largest absolute Gasteiger partial charge is 0.497 e. The molecule has 0 radical (unpaired) electrons. The van der Waals surface area contributed by atoms with Crippen molar-refractivity contribution in [2.24, 2.45) is 0 Å². The summed E-state index contributed by atoms with van der Waals surface area (Å²) < 4.78 is 15.5. The predicted octanol–water partition coefficient (Wildman–Crippen LogP) is 3.75. The number of nitriles is 1. The van der Waals surface area contributed by atoms with E-state index >= 15 is 0 Å². The number of anilines is 1. The van der Waals surface area contributed by atoms with Crippen molar-refractivity contribution in [3.8, 4) is 11.8 Å². The molecule has 0 saturated carbocycles. The van der Waals surface area contributed by atoms with Crippen molar-refractivity contribution in [1.82, 2.24) is 0 Å². The van der Waals surface area contributed by atoms with Crippen molar-refractivity contribution in [3.05, 3.63) is 68.5 Å². The molecular formula is C23H19ClN2O6. The van der Waals surface area contributed by atoms with Gasteiger partial charge in [0.1, 0.15) is 17.4 Å². The number of methoxy groups -OCH3 is 1. The summed E-state index contributed by atoms with van der Waals surface area (Å²) in [5, 5.41) is 12.3. The molecule has 0 spiro atoms. The molecule has 0 aliphatic heterocycles. The van der Waals surface area contributed by atoms with E-state index in [4.69, 9.17) is 30.8 Å². The van der Waals surface area contributed by atoms with Gasteiger partial charge in [0.05, 0.1) is 17.7 Å². The first-order valence-electron chi connectivity index (χ1n) is 9.58. The number of amides is 1. The van der Waals surface area contributed by atoms with E-state index in [1.165, 1.54) is 25.3 Å². The lowest BCUT2D eigenvalue weighted by Crippen LogP contribution is -2.21. The van der Waals surface area contributed by atoms with Gasteiger partial charge < -0.3 is 19.2 Å². The number of fused-ring (bicyclic) bond motifs is 1. The molecular weight excluding hydrogens is 436 g/mol. The Labute approximate surface area is 188 Å². The van der Waals surface area contributed by atoms with E-state index in [9.17, 15) is 14.4 Å². The van der Waals surface area contributed by atoms with Gasteiger partial charge in [0.2, 0.25) is 0 Å². The molecule has 3 aromatic rings. The zero-order valence-corrected chi connectivity index (χ0v) is 18.1. The summed E-state index contributed by atoms with van der Waals surface area (Å²) in [5.41, 5.74) is 1.60. The van der Waals surface area contributed by atoms with Crippen molar-refractivity contribution in [3.63, 3.8) is 0 Å². The van der Waals surface area contributed by atoms with Crippen LogP contribution in [0.2, 0.25) is 5.02 Å². The SMILES string of the molecule is COc1ccc2c(C)c(CCC(=O)OCC(=O)Nc3ccc(C#N)c(Cl)c3)c(=O)oc2c1. The van der Waals surface area contributed by atoms with Gasteiger partial charge in [-0.3, -0.25) is 9.59 Å². The summed E-state index contributed by atoms with van der Waals surface area (Å²) in [6.45, 7) is 1.28. The highest BCUT2D eigenvalue weighted by Crippen LogP contribution is 2.24. The van der Waals surface area contributed by atoms with Crippen molar-refractivity contribution >= 4 is 40.1 Å². The van der Waals surface area contributed by atoms with Crippen LogP contribution in [0.25, 0.3) is 11.0 Å². The van der Waals surface area contributed by atoms with Crippen LogP contribution < -0.4 is 15.7 Å². The molecule has 9 heteroatoms. The van der Waals surface area contributed by atoms with E-state index in [-0.39, 0.29) is 23.4 Å². The van der Waals surface area contributed by atoms with Crippen LogP contribution in [0.15, 0.2) is 45.6 Å². The van der Waals surface area contributed by atoms with Crippen LogP contribution in [0, 0.1) is 18.3 Å². The minimum atomic E-state index is -0.633. The standard InChI is InChI=1S/C23H19ClN2O6/c1-13-17-6-5-16(30-2)10-20(17)32-23(29)18(13)7-8-22(28)31-12-21(27)26-15-4-3-14(11-25)19(24)9-15/h3-6,9-10H,7-8,12H2,1-2H3,(H,26,27). The third kappa shape index (κ3) is 5.25. The Kier molecular flexibility index (Phi) is 7.13. The molecule has 1 heterocycles. The van der Waals surface area contributed by atoms with Crippen LogP contribution in [0.1, 0.15) is 23.1 Å². The summed E-state index contributed by atoms with van der Waals surface area (Å²) in [4.78, 5) is 36.4. The molecule has 0 fully saturated rings. The van der Waals surface area contributed by atoms with Crippen molar-refractivity contribution < 1.29 is 23.5 Å². The molecule has 32 heavy (non-hydrogen) atoms. The van der Waals surface area contributed by atoms with Crippen LogP contribution in [-0.4, -0.2) is 25.6 Å². The van der Waals surface area contributed by atoms with Crippen LogP contribution in [-0.2, 0) is 20.7 Å². The van der Waals surface area contributed by atoms with Crippen LogP contribution in [0.5, 0.6) is 5.75 Å². The average Bonchev–Trinajstić information content (AvgIpc) is 2.77. The molecule has 0 bridgehead atoms. The number of nitrogens with zero attached hydrogens (tertiary/aromatic N) is 1. The van der Waals surface area contributed by atoms with E-state index < -0.39 is 24.1 Å². The summed E-state index contributed by atoms with van der Waals surface area (Å²) in [7, 11) is 1.52. The second-order valence-corrected chi connectivity index (χ2v) is 7.28. The number of nitrogens with one attached hydrogen (secondary N) is 1. The third-order valence-corrected chi connectivity index (χ3v) is 5.12. The molecule has 0 unspecified atom stereocenters. The predicted molar refractivity (Wildman–Crippen MR) is 118 cm³/mol. The number of aryl methyl sites for hydroxylation is 1. The summed E-state index contributed by atoms with van der Waals surface area (Å²) in [6.07, 6.45) is 0.0189. The summed E-state index contributed by atoms with van der Waals surface area (Å²) >= 11 is 5.92. The first kappa shape index (κ1) is 22.8. The Morgan fingerprint density at radius 3 is 2.69 bits per heavy atom. The van der Waals surface area contributed by atoms with Gasteiger partial charge in [0.25, 0.3) is 5.91 Å². The normalized spacial score (nSPS) is 10.4. The Morgan fingerprint density at radius 1 is 1.22 bits per heavy atom. The number of halogens is 1. The van der Waals surface area contributed by atoms with Gasteiger partial charge in [0, 0.05) is 29.1 Å². The van der Waals surface area contributed by atoms with Gasteiger partial charge in [-0.2, -0.15) is 5.26 Å². The fourth-order valence-corrected chi connectivity index (χ4v) is 3.34. The Bertz CT molecular complexity index is 1290. The quantitative estimate of drug-likeness (QED) is 0.426. The number of hydrogen-bond acceptors (Lipinski definition) is 7. The maximum absolute atomic E-state index is 12.4. The highest BCUT2D eigenvalue weighted by Gasteiger charge is 2.15. The lowest BCUT2D eigenvalue weighted by Gasteiger charge is -2.09. The molecule has 2 aromatic carbocycles. The second-order valence-electron chi connectivity index (χ2n) is 6.87. The monoisotopic (exact) mass is 454 g/mol. The number of hydrogen-bond donors (Lipinski definition) is 1. The minimum absolute atomic E-state index is 0.0940. The van der Waals surface area contributed by atoms with Crippen LogP contribution in [0.3, 0.4) is 0 Å².